The highest BCUT2D eigenvalue weighted by molar-refractivity contribution is 5.97. The highest BCUT2D eigenvalue weighted by atomic mass is 16.5. The van der Waals surface area contributed by atoms with Gasteiger partial charge < -0.3 is 23.7 Å². The van der Waals surface area contributed by atoms with E-state index in [2.05, 4.69) is 0 Å². The summed E-state index contributed by atoms with van der Waals surface area (Å²) in [5.41, 5.74) is 3.75. The van der Waals surface area contributed by atoms with Crippen LogP contribution in [0, 0.1) is 0 Å². The van der Waals surface area contributed by atoms with Crippen molar-refractivity contribution in [2.45, 2.75) is 31.8 Å². The van der Waals surface area contributed by atoms with Crippen LogP contribution in [-0.4, -0.2) is 55.0 Å². The maximum atomic E-state index is 13.7. The third kappa shape index (κ3) is 6.54. The van der Waals surface area contributed by atoms with Gasteiger partial charge >= 0.3 is 0 Å². The van der Waals surface area contributed by atoms with E-state index >= 15 is 0 Å². The number of benzene rings is 3. The molecule has 1 fully saturated rings. The molecular formula is C33H34N2O5. The molecule has 7 nitrogen and oxygen atoms in total. The maximum Gasteiger partial charge on any atom is 0.254 e. The Bertz CT molecular complexity index is 1410. The van der Waals surface area contributed by atoms with Gasteiger partial charge in [-0.1, -0.05) is 48.5 Å². The lowest BCUT2D eigenvalue weighted by Gasteiger charge is -2.27. The summed E-state index contributed by atoms with van der Waals surface area (Å²) in [6.45, 7) is 0.821. The topological polar surface area (TPSA) is 72.2 Å². The number of rotatable bonds is 12. The van der Waals surface area contributed by atoms with Gasteiger partial charge in [0.05, 0.1) is 27.0 Å². The molecule has 0 aliphatic heterocycles. The van der Waals surface area contributed by atoms with Gasteiger partial charge in [-0.05, 0) is 72.4 Å². The summed E-state index contributed by atoms with van der Waals surface area (Å²) in [6, 6.07) is 27.2. The molecule has 40 heavy (non-hydrogen) atoms. The first-order chi connectivity index (χ1) is 19.6. The molecule has 206 valence electrons. The molecule has 0 saturated heterocycles. The Balaban J connectivity index is 1.30. The molecule has 3 aromatic carbocycles. The van der Waals surface area contributed by atoms with E-state index in [0.717, 1.165) is 29.5 Å². The molecule has 7 heteroatoms. The Morgan fingerprint density at radius 1 is 0.850 bits per heavy atom. The van der Waals surface area contributed by atoms with Crippen molar-refractivity contribution in [2.75, 3.05) is 27.3 Å². The van der Waals surface area contributed by atoms with Crippen molar-refractivity contribution in [1.82, 2.24) is 9.80 Å². The van der Waals surface area contributed by atoms with Crippen molar-refractivity contribution in [3.8, 4) is 22.6 Å². The summed E-state index contributed by atoms with van der Waals surface area (Å²) >= 11 is 0. The number of furan rings is 1. The fourth-order valence-corrected chi connectivity index (χ4v) is 4.78. The zero-order valence-corrected chi connectivity index (χ0v) is 22.9. The molecule has 5 rings (SSSR count). The summed E-state index contributed by atoms with van der Waals surface area (Å²) in [5.74, 6) is 1.77. The molecule has 4 aromatic rings. The van der Waals surface area contributed by atoms with Gasteiger partial charge in [-0.15, -0.1) is 0 Å². The van der Waals surface area contributed by atoms with Crippen LogP contribution in [0.25, 0.3) is 11.1 Å². The second-order valence-corrected chi connectivity index (χ2v) is 9.94. The molecule has 1 aromatic heterocycles. The molecule has 1 saturated carbocycles. The Morgan fingerprint density at radius 2 is 1.57 bits per heavy atom. The van der Waals surface area contributed by atoms with Gasteiger partial charge in [0.2, 0.25) is 5.91 Å². The SMILES string of the molecule is COc1ccc(CCN(Cc2ccco2)C(=O)CN(C(=O)c2ccc(-c3ccccc3)cc2)C2CC2)cc1OC. The average molecular weight is 539 g/mol. The monoisotopic (exact) mass is 538 g/mol. The lowest BCUT2D eigenvalue weighted by Crippen LogP contribution is -2.44. The Morgan fingerprint density at radius 3 is 2.23 bits per heavy atom. The molecular weight excluding hydrogens is 504 g/mol. The van der Waals surface area contributed by atoms with Crippen molar-refractivity contribution in [2.24, 2.45) is 0 Å². The van der Waals surface area contributed by atoms with Crippen molar-refractivity contribution >= 4 is 11.8 Å². The molecule has 0 unspecified atom stereocenters. The molecule has 1 heterocycles. The number of hydrogen-bond acceptors (Lipinski definition) is 5. The zero-order valence-electron chi connectivity index (χ0n) is 22.9. The number of carbonyl (C=O) groups is 2. The van der Waals surface area contributed by atoms with E-state index in [0.29, 0.717) is 42.3 Å². The van der Waals surface area contributed by atoms with Crippen LogP contribution < -0.4 is 9.47 Å². The number of carbonyl (C=O) groups excluding carboxylic acids is 2. The van der Waals surface area contributed by atoms with Crippen LogP contribution in [0.1, 0.15) is 34.5 Å². The quantitative estimate of drug-likeness (QED) is 0.227. The largest absolute Gasteiger partial charge is 0.493 e. The summed E-state index contributed by atoms with van der Waals surface area (Å²) in [5, 5.41) is 0. The first-order valence-electron chi connectivity index (χ1n) is 13.5. The van der Waals surface area contributed by atoms with Gasteiger partial charge in [-0.25, -0.2) is 0 Å². The first-order valence-corrected chi connectivity index (χ1v) is 13.5. The minimum absolute atomic E-state index is 0.0244. The van der Waals surface area contributed by atoms with Crippen LogP contribution in [0.5, 0.6) is 11.5 Å². The molecule has 0 spiro atoms. The van der Waals surface area contributed by atoms with E-state index in [1.807, 2.05) is 84.9 Å². The number of hydrogen-bond donors (Lipinski definition) is 0. The van der Waals surface area contributed by atoms with Crippen LogP contribution in [0.2, 0.25) is 0 Å². The van der Waals surface area contributed by atoms with Crippen LogP contribution >= 0.6 is 0 Å². The van der Waals surface area contributed by atoms with Crippen LogP contribution in [0.3, 0.4) is 0 Å². The van der Waals surface area contributed by atoms with E-state index in [-0.39, 0.29) is 24.4 Å². The van der Waals surface area contributed by atoms with Gasteiger partial charge in [0.15, 0.2) is 11.5 Å². The van der Waals surface area contributed by atoms with E-state index < -0.39 is 0 Å². The number of nitrogens with zero attached hydrogens (tertiary/aromatic N) is 2. The van der Waals surface area contributed by atoms with E-state index in [1.165, 1.54) is 0 Å². The fourth-order valence-electron chi connectivity index (χ4n) is 4.78. The summed E-state index contributed by atoms with van der Waals surface area (Å²) < 4.78 is 16.3. The number of amides is 2. The van der Waals surface area contributed by atoms with Gasteiger partial charge in [0.1, 0.15) is 12.3 Å². The normalized spacial score (nSPS) is 12.6. The van der Waals surface area contributed by atoms with Crippen LogP contribution in [0.4, 0.5) is 0 Å². The number of ether oxygens (including phenoxy) is 2. The van der Waals surface area contributed by atoms with Crippen molar-refractivity contribution in [1.29, 1.82) is 0 Å². The fraction of sp³-hybridized carbons (Fsp3) is 0.273. The average Bonchev–Trinajstić information content (AvgIpc) is 3.72. The summed E-state index contributed by atoms with van der Waals surface area (Å²) in [7, 11) is 3.21. The standard InChI is InChI=1S/C33H34N2O5/c1-38-30-17-10-24(21-31(30)39-2)18-19-34(22-29-9-6-20-40-29)32(36)23-35(28-15-16-28)33(37)27-13-11-26(12-14-27)25-7-4-3-5-8-25/h3-14,17,20-21,28H,15-16,18-19,22-23H2,1-2H3. The molecule has 0 radical (unpaired) electrons. The minimum Gasteiger partial charge on any atom is -0.493 e. The van der Waals surface area contributed by atoms with Crippen molar-refractivity contribution < 1.29 is 23.5 Å². The lowest BCUT2D eigenvalue weighted by atomic mass is 10.0. The molecule has 1 aliphatic rings. The van der Waals surface area contributed by atoms with Gasteiger partial charge in [-0.2, -0.15) is 0 Å². The third-order valence-electron chi connectivity index (χ3n) is 7.19. The van der Waals surface area contributed by atoms with Crippen LogP contribution in [0.15, 0.2) is 95.6 Å². The Labute approximate surface area is 234 Å². The molecule has 0 atom stereocenters. The minimum atomic E-state index is -0.117. The Hall–Kier alpha value is -4.52. The highest BCUT2D eigenvalue weighted by Gasteiger charge is 2.35. The first kappa shape index (κ1) is 27.1. The summed E-state index contributed by atoms with van der Waals surface area (Å²) in [4.78, 5) is 30.7. The van der Waals surface area contributed by atoms with E-state index in [1.54, 1.807) is 30.3 Å². The maximum absolute atomic E-state index is 13.7. The van der Waals surface area contributed by atoms with E-state index in [9.17, 15) is 9.59 Å². The summed E-state index contributed by atoms with van der Waals surface area (Å²) in [6.07, 6.45) is 4.03. The van der Waals surface area contributed by atoms with Crippen LogP contribution in [-0.2, 0) is 17.8 Å². The zero-order chi connectivity index (χ0) is 27.9. The Kier molecular flexibility index (Phi) is 8.50. The van der Waals surface area contributed by atoms with E-state index in [4.69, 9.17) is 13.9 Å². The third-order valence-corrected chi connectivity index (χ3v) is 7.19. The number of methoxy groups -OCH3 is 2. The molecule has 1 aliphatic carbocycles. The predicted octanol–water partition coefficient (Wildman–Crippen LogP) is 5.84. The molecule has 0 bridgehead atoms. The smallest absolute Gasteiger partial charge is 0.254 e. The highest BCUT2D eigenvalue weighted by Crippen LogP contribution is 2.30. The van der Waals surface area contributed by atoms with Gasteiger partial charge in [-0.3, -0.25) is 9.59 Å². The predicted molar refractivity (Wildman–Crippen MR) is 153 cm³/mol. The van der Waals surface area contributed by atoms with Gasteiger partial charge in [0, 0.05) is 18.2 Å². The second-order valence-electron chi connectivity index (χ2n) is 9.94. The second kappa shape index (κ2) is 12.6. The molecule has 2 amide bonds. The van der Waals surface area contributed by atoms with Crippen molar-refractivity contribution in [3.05, 3.63) is 108 Å². The lowest BCUT2D eigenvalue weighted by molar-refractivity contribution is -0.132. The van der Waals surface area contributed by atoms with Gasteiger partial charge in [0.25, 0.3) is 5.91 Å². The van der Waals surface area contributed by atoms with Crippen molar-refractivity contribution in [3.63, 3.8) is 0 Å². The molecule has 0 N–H and O–H groups in total.